The molecule has 4 nitrogen and oxygen atoms in total. The van der Waals surface area contributed by atoms with Gasteiger partial charge in [-0.1, -0.05) is 18.2 Å². The summed E-state index contributed by atoms with van der Waals surface area (Å²) in [7, 11) is 0. The number of carbonyl (C=O) groups excluding carboxylic acids is 2. The Hall–Kier alpha value is -0.840. The highest BCUT2D eigenvalue weighted by Crippen LogP contribution is 2.46. The highest BCUT2D eigenvalue weighted by atomic mass is 32.2. The molecule has 1 N–H and O–H groups in total. The number of nitrogens with zero attached hydrogens (tertiary/aromatic N) is 1. The van der Waals surface area contributed by atoms with Crippen molar-refractivity contribution in [2.45, 2.75) is 50.3 Å². The van der Waals surface area contributed by atoms with Gasteiger partial charge in [0.2, 0.25) is 5.91 Å². The predicted octanol–water partition coefficient (Wildman–Crippen LogP) is 1.74. The first-order valence-electron chi connectivity index (χ1n) is 6.58. The average Bonchev–Trinajstić information content (AvgIpc) is 2.95. The molecular formula is C13H18N2O2S. The van der Waals surface area contributed by atoms with Crippen LogP contribution in [-0.2, 0) is 9.59 Å². The Morgan fingerprint density at radius 2 is 2.22 bits per heavy atom. The first kappa shape index (κ1) is 12.2. The van der Waals surface area contributed by atoms with E-state index in [1.807, 2.05) is 0 Å². The van der Waals surface area contributed by atoms with Crippen LogP contribution in [0.2, 0.25) is 0 Å². The minimum Gasteiger partial charge on any atom is -0.304 e. The standard InChI is InChI=1S/C13H18N2O2S/c1-7(16)13(2)11(17)15-12(18-13)14-10-6-8-3-4-9(10)5-8/h8-10H,3-6H2,1-2H3,(H,14,15,17)/t8-,9?,10+,13+/m1/s1. The number of hydrogen-bond acceptors (Lipinski definition) is 4. The van der Waals surface area contributed by atoms with Gasteiger partial charge < -0.3 is 5.32 Å². The summed E-state index contributed by atoms with van der Waals surface area (Å²) < 4.78 is -0.976. The number of amides is 1. The quantitative estimate of drug-likeness (QED) is 0.775. The van der Waals surface area contributed by atoms with Gasteiger partial charge >= 0.3 is 0 Å². The van der Waals surface area contributed by atoms with Crippen LogP contribution in [0.3, 0.4) is 0 Å². The minimum atomic E-state index is -0.976. The fraction of sp³-hybridized carbons (Fsp3) is 0.769. The van der Waals surface area contributed by atoms with E-state index < -0.39 is 4.75 Å². The van der Waals surface area contributed by atoms with Crippen LogP contribution >= 0.6 is 11.8 Å². The molecule has 18 heavy (non-hydrogen) atoms. The Balaban J connectivity index is 1.75. The fourth-order valence-electron chi connectivity index (χ4n) is 3.29. The number of thioether (sulfide) groups is 1. The fourth-order valence-corrected chi connectivity index (χ4v) is 4.30. The van der Waals surface area contributed by atoms with Crippen molar-refractivity contribution in [3.63, 3.8) is 0 Å². The second kappa shape index (κ2) is 4.08. The molecule has 2 aliphatic carbocycles. The number of nitrogens with one attached hydrogen (secondary N) is 1. The van der Waals surface area contributed by atoms with Crippen molar-refractivity contribution in [2.24, 2.45) is 16.8 Å². The first-order chi connectivity index (χ1) is 8.49. The van der Waals surface area contributed by atoms with Gasteiger partial charge in [0.05, 0.1) is 6.04 Å². The number of Topliss-reactive ketones (excluding diaryl/α,β-unsaturated/α-hetero) is 1. The molecule has 0 radical (unpaired) electrons. The van der Waals surface area contributed by atoms with Gasteiger partial charge in [-0.15, -0.1) is 0 Å². The smallest absolute Gasteiger partial charge is 0.249 e. The summed E-state index contributed by atoms with van der Waals surface area (Å²) in [4.78, 5) is 28.1. The van der Waals surface area contributed by atoms with Gasteiger partial charge in [-0.3, -0.25) is 14.6 Å². The van der Waals surface area contributed by atoms with Crippen LogP contribution in [0.15, 0.2) is 4.99 Å². The molecule has 1 heterocycles. The van der Waals surface area contributed by atoms with E-state index in [1.165, 1.54) is 37.9 Å². The Bertz CT molecular complexity index is 448. The molecule has 98 valence electrons. The van der Waals surface area contributed by atoms with Gasteiger partial charge in [0.25, 0.3) is 0 Å². The van der Waals surface area contributed by atoms with E-state index in [2.05, 4.69) is 10.3 Å². The first-order valence-corrected chi connectivity index (χ1v) is 7.40. The van der Waals surface area contributed by atoms with E-state index in [0.717, 1.165) is 12.3 Å². The summed E-state index contributed by atoms with van der Waals surface area (Å²) in [5.41, 5.74) is 0. The number of fused-ring (bicyclic) bond motifs is 2. The third-order valence-electron chi connectivity index (χ3n) is 4.61. The summed E-state index contributed by atoms with van der Waals surface area (Å²) >= 11 is 1.28. The maximum Gasteiger partial charge on any atom is 0.249 e. The summed E-state index contributed by atoms with van der Waals surface area (Å²) in [6, 6.07) is 0.362. The normalized spacial score (nSPS) is 44.7. The van der Waals surface area contributed by atoms with Gasteiger partial charge in [-0.05, 0) is 44.9 Å². The van der Waals surface area contributed by atoms with Crippen LogP contribution in [0.4, 0.5) is 0 Å². The average molecular weight is 266 g/mol. The van der Waals surface area contributed by atoms with Crippen molar-refractivity contribution in [1.29, 1.82) is 0 Å². The predicted molar refractivity (Wildman–Crippen MR) is 71.5 cm³/mol. The Morgan fingerprint density at radius 1 is 1.44 bits per heavy atom. The van der Waals surface area contributed by atoms with Crippen molar-refractivity contribution in [3.8, 4) is 0 Å². The number of hydrogen-bond donors (Lipinski definition) is 1. The maximum atomic E-state index is 11.8. The van der Waals surface area contributed by atoms with E-state index in [0.29, 0.717) is 17.1 Å². The van der Waals surface area contributed by atoms with Crippen molar-refractivity contribution in [2.75, 3.05) is 0 Å². The lowest BCUT2D eigenvalue weighted by Crippen LogP contribution is -2.39. The van der Waals surface area contributed by atoms with Crippen LogP contribution in [-0.4, -0.2) is 27.6 Å². The van der Waals surface area contributed by atoms with Gasteiger partial charge in [-0.2, -0.15) is 0 Å². The second-order valence-corrected chi connectivity index (χ2v) is 7.23. The molecule has 0 aromatic rings. The second-order valence-electron chi connectivity index (χ2n) is 5.82. The third kappa shape index (κ3) is 1.79. The molecule has 0 aromatic heterocycles. The Labute approximate surface area is 111 Å². The van der Waals surface area contributed by atoms with Crippen LogP contribution in [0.25, 0.3) is 0 Å². The zero-order valence-corrected chi connectivity index (χ0v) is 11.5. The lowest BCUT2D eigenvalue weighted by molar-refractivity contribution is -0.128. The summed E-state index contributed by atoms with van der Waals surface area (Å²) in [6.07, 6.45) is 5.07. The van der Waals surface area contributed by atoms with Gasteiger partial charge in [0, 0.05) is 0 Å². The molecule has 4 atom stereocenters. The summed E-state index contributed by atoms with van der Waals surface area (Å²) in [5, 5.41) is 3.41. The number of amidine groups is 1. The highest BCUT2D eigenvalue weighted by Gasteiger charge is 2.47. The van der Waals surface area contributed by atoms with Crippen molar-refractivity contribution < 1.29 is 9.59 Å². The molecule has 2 saturated carbocycles. The Morgan fingerprint density at radius 3 is 2.72 bits per heavy atom. The lowest BCUT2D eigenvalue weighted by Gasteiger charge is -2.18. The molecule has 5 heteroatoms. The SMILES string of the molecule is CC(=O)[C@]1(C)SC(=N[C@H]2C[C@@H]3CCC2C3)NC1=O. The maximum absolute atomic E-state index is 11.8. The molecular weight excluding hydrogens is 248 g/mol. The van der Waals surface area contributed by atoms with E-state index >= 15 is 0 Å². The molecule has 1 saturated heterocycles. The van der Waals surface area contributed by atoms with E-state index in [4.69, 9.17) is 0 Å². The molecule has 1 unspecified atom stereocenters. The third-order valence-corrected chi connectivity index (χ3v) is 5.89. The number of rotatable bonds is 2. The van der Waals surface area contributed by atoms with Crippen LogP contribution < -0.4 is 5.32 Å². The van der Waals surface area contributed by atoms with Crippen molar-refractivity contribution in [3.05, 3.63) is 0 Å². The van der Waals surface area contributed by atoms with Gasteiger partial charge in [0.15, 0.2) is 15.7 Å². The lowest BCUT2D eigenvalue weighted by atomic mass is 9.96. The van der Waals surface area contributed by atoms with Gasteiger partial charge in [0.1, 0.15) is 0 Å². The molecule has 1 aliphatic heterocycles. The summed E-state index contributed by atoms with van der Waals surface area (Å²) in [6.45, 7) is 3.14. The van der Waals surface area contributed by atoms with E-state index in [-0.39, 0.29) is 11.7 Å². The van der Waals surface area contributed by atoms with Crippen molar-refractivity contribution >= 4 is 28.6 Å². The number of carbonyl (C=O) groups is 2. The molecule has 0 aromatic carbocycles. The minimum absolute atomic E-state index is 0.108. The molecule has 3 fully saturated rings. The number of ketones is 1. The molecule has 2 bridgehead atoms. The molecule has 0 spiro atoms. The highest BCUT2D eigenvalue weighted by molar-refractivity contribution is 8.17. The van der Waals surface area contributed by atoms with Crippen LogP contribution in [0, 0.1) is 11.8 Å². The number of aliphatic imine (C=N–C) groups is 1. The largest absolute Gasteiger partial charge is 0.304 e. The Kier molecular flexibility index (Phi) is 2.77. The molecule has 1 amide bonds. The zero-order chi connectivity index (χ0) is 12.9. The zero-order valence-electron chi connectivity index (χ0n) is 10.7. The monoisotopic (exact) mass is 266 g/mol. The molecule has 3 aliphatic rings. The van der Waals surface area contributed by atoms with Crippen LogP contribution in [0.5, 0.6) is 0 Å². The van der Waals surface area contributed by atoms with Crippen LogP contribution in [0.1, 0.15) is 39.5 Å². The van der Waals surface area contributed by atoms with Crippen molar-refractivity contribution in [1.82, 2.24) is 5.32 Å². The molecule has 3 rings (SSSR count). The summed E-state index contributed by atoms with van der Waals surface area (Å²) in [5.74, 6) is 1.21. The topological polar surface area (TPSA) is 58.5 Å². The van der Waals surface area contributed by atoms with E-state index in [9.17, 15) is 9.59 Å². The van der Waals surface area contributed by atoms with E-state index in [1.54, 1.807) is 6.92 Å². The van der Waals surface area contributed by atoms with Gasteiger partial charge in [-0.25, -0.2) is 0 Å².